The molecule has 0 aromatic carbocycles. The topological polar surface area (TPSA) is 120 Å². The largest absolute Gasteiger partial charge is 0.432 e. The standard InChI is InChI=1S/C30H44F3N7O4S/c1-20-27(29(41)40-15-11-23(12-16-40)39-13-9-22(10-14-39)38(2)45(3,42)43)36-19-37-28(20)35-18-24-5-4-6-25(44-24)21-7-8-26(34-17-21)30(31,32)33/h7-8,19,21-25H,4-6,9-18H2,1-3H3,(H,35,36,37)/t21?,24-,25+/m1/s1. The van der Waals surface area contributed by atoms with Gasteiger partial charge in [0.2, 0.25) is 10.0 Å². The van der Waals surface area contributed by atoms with Crippen LogP contribution in [0.4, 0.5) is 19.0 Å². The maximum absolute atomic E-state index is 13.5. The second-order valence-corrected chi connectivity index (χ2v) is 14.7. The Hall–Kier alpha value is -2.62. The van der Waals surface area contributed by atoms with E-state index in [1.165, 1.54) is 16.9 Å². The van der Waals surface area contributed by atoms with Gasteiger partial charge in [0.1, 0.15) is 23.6 Å². The number of anilines is 1. The number of likely N-dealkylation sites (tertiary alicyclic amines) is 2. The van der Waals surface area contributed by atoms with Gasteiger partial charge in [-0.2, -0.15) is 13.2 Å². The third kappa shape index (κ3) is 8.22. The fourth-order valence-electron chi connectivity index (χ4n) is 6.88. The number of carbonyl (C=O) groups excluding carboxylic acids is 1. The summed E-state index contributed by atoms with van der Waals surface area (Å²) in [7, 11) is -1.55. The molecular weight excluding hydrogens is 611 g/mol. The van der Waals surface area contributed by atoms with Gasteiger partial charge in [0, 0.05) is 56.8 Å². The molecule has 0 saturated carbocycles. The predicted octanol–water partition coefficient (Wildman–Crippen LogP) is 3.28. The Bertz CT molecular complexity index is 1370. The zero-order valence-corrected chi connectivity index (χ0v) is 27.0. The van der Waals surface area contributed by atoms with E-state index in [1.54, 1.807) is 13.1 Å². The molecule has 4 aliphatic heterocycles. The summed E-state index contributed by atoms with van der Waals surface area (Å²) in [6.07, 6.45) is 6.27. The van der Waals surface area contributed by atoms with Crippen LogP contribution >= 0.6 is 0 Å². The highest BCUT2D eigenvalue weighted by Gasteiger charge is 2.37. The minimum atomic E-state index is -4.44. The van der Waals surface area contributed by atoms with Crippen molar-refractivity contribution in [1.82, 2.24) is 24.1 Å². The van der Waals surface area contributed by atoms with E-state index in [0.29, 0.717) is 42.8 Å². The Morgan fingerprint density at radius 3 is 2.42 bits per heavy atom. The summed E-state index contributed by atoms with van der Waals surface area (Å²) in [6, 6.07) is 0.399. The molecule has 11 nitrogen and oxygen atoms in total. The number of hydrogen-bond donors (Lipinski definition) is 1. The molecule has 0 bridgehead atoms. The summed E-state index contributed by atoms with van der Waals surface area (Å²) in [6.45, 7) is 5.29. The number of nitrogens with zero attached hydrogens (tertiary/aromatic N) is 6. The smallest absolute Gasteiger partial charge is 0.372 e. The van der Waals surface area contributed by atoms with Crippen molar-refractivity contribution in [2.45, 2.75) is 82.3 Å². The molecule has 0 aliphatic carbocycles. The van der Waals surface area contributed by atoms with Crippen LogP contribution in [0.1, 0.15) is 61.0 Å². The normalized spacial score (nSPS) is 26.2. The lowest BCUT2D eigenvalue weighted by Gasteiger charge is -2.43. The van der Waals surface area contributed by atoms with Crippen LogP contribution in [-0.4, -0.2) is 127 Å². The highest BCUT2D eigenvalue weighted by Crippen LogP contribution is 2.30. The van der Waals surface area contributed by atoms with Gasteiger partial charge >= 0.3 is 6.18 Å². The molecule has 15 heteroatoms. The third-order valence-electron chi connectivity index (χ3n) is 9.71. The van der Waals surface area contributed by atoms with E-state index >= 15 is 0 Å². The fourth-order valence-corrected chi connectivity index (χ4v) is 7.63. The first-order valence-corrected chi connectivity index (χ1v) is 17.6. The van der Waals surface area contributed by atoms with E-state index in [4.69, 9.17) is 4.74 Å². The number of sulfonamides is 1. The number of carbonyl (C=O) groups is 1. The SMILES string of the molecule is Cc1c(NC[C@H]2CCC[C@@H](C3C=CC(C(F)(F)F)=NC3)O2)ncnc1C(=O)N1CCC(N2CCC(N(C)S(C)(=O)=O)CC2)CC1. The molecular formula is C30H44F3N7O4S. The van der Waals surface area contributed by atoms with E-state index in [-0.39, 0.29) is 36.6 Å². The fraction of sp³-hybridized carbons (Fsp3) is 0.733. The molecule has 1 aromatic heterocycles. The minimum Gasteiger partial charge on any atom is -0.372 e. The molecule has 1 amide bonds. The summed E-state index contributed by atoms with van der Waals surface area (Å²) < 4.78 is 70.3. The van der Waals surface area contributed by atoms with Crippen LogP contribution in [0, 0.1) is 12.8 Å². The highest BCUT2D eigenvalue weighted by atomic mass is 32.2. The lowest BCUT2D eigenvalue weighted by molar-refractivity contribution is -0.0645. The molecule has 1 aromatic rings. The predicted molar refractivity (Wildman–Crippen MR) is 165 cm³/mol. The van der Waals surface area contributed by atoms with E-state index in [2.05, 4.69) is 25.2 Å². The molecule has 0 spiro atoms. The molecule has 250 valence electrons. The van der Waals surface area contributed by atoms with Crippen LogP contribution in [0.2, 0.25) is 0 Å². The number of nitrogens with one attached hydrogen (secondary N) is 1. The van der Waals surface area contributed by atoms with Gasteiger partial charge in [-0.25, -0.2) is 22.7 Å². The minimum absolute atomic E-state index is 0.0338. The Kier molecular flexibility index (Phi) is 10.5. The van der Waals surface area contributed by atoms with Crippen molar-refractivity contribution in [1.29, 1.82) is 0 Å². The van der Waals surface area contributed by atoms with Gasteiger partial charge in [0.15, 0.2) is 0 Å². The molecule has 1 N–H and O–H groups in total. The van der Waals surface area contributed by atoms with Crippen LogP contribution in [0.25, 0.3) is 0 Å². The second-order valence-electron chi connectivity index (χ2n) is 12.6. The van der Waals surface area contributed by atoms with Crippen molar-refractivity contribution < 1.29 is 31.1 Å². The Balaban J connectivity index is 1.10. The first-order chi connectivity index (χ1) is 21.3. The highest BCUT2D eigenvalue weighted by molar-refractivity contribution is 7.88. The molecule has 45 heavy (non-hydrogen) atoms. The van der Waals surface area contributed by atoms with Crippen molar-refractivity contribution in [3.63, 3.8) is 0 Å². The Morgan fingerprint density at radius 2 is 1.80 bits per heavy atom. The number of ether oxygens (including phenoxy) is 1. The van der Waals surface area contributed by atoms with Crippen molar-refractivity contribution in [2.24, 2.45) is 10.9 Å². The maximum atomic E-state index is 13.5. The van der Waals surface area contributed by atoms with Crippen molar-refractivity contribution >= 4 is 27.5 Å². The number of amides is 1. The average molecular weight is 656 g/mol. The van der Waals surface area contributed by atoms with Crippen LogP contribution < -0.4 is 5.32 Å². The molecule has 4 aliphatic rings. The van der Waals surface area contributed by atoms with E-state index in [9.17, 15) is 26.4 Å². The molecule has 3 fully saturated rings. The molecule has 1 unspecified atom stereocenters. The summed E-state index contributed by atoms with van der Waals surface area (Å²) in [4.78, 5) is 30.2. The van der Waals surface area contributed by atoms with Crippen LogP contribution in [0.15, 0.2) is 23.5 Å². The summed E-state index contributed by atoms with van der Waals surface area (Å²) in [5.74, 6) is 0.246. The number of hydrogen-bond acceptors (Lipinski definition) is 9. The number of rotatable bonds is 8. The number of aromatic nitrogens is 2. The number of halogens is 3. The molecule has 5 rings (SSSR count). The van der Waals surface area contributed by atoms with Gasteiger partial charge in [-0.1, -0.05) is 6.08 Å². The zero-order chi connectivity index (χ0) is 32.4. The van der Waals surface area contributed by atoms with Crippen LogP contribution in [0.5, 0.6) is 0 Å². The first kappa shape index (κ1) is 33.7. The third-order valence-corrected chi connectivity index (χ3v) is 11.1. The van der Waals surface area contributed by atoms with Gasteiger partial charge in [-0.15, -0.1) is 0 Å². The Morgan fingerprint density at radius 1 is 1.09 bits per heavy atom. The lowest BCUT2D eigenvalue weighted by Crippen LogP contribution is -2.52. The Labute approximate surface area is 263 Å². The molecule has 0 radical (unpaired) electrons. The van der Waals surface area contributed by atoms with Gasteiger partial charge in [0.25, 0.3) is 5.91 Å². The maximum Gasteiger partial charge on any atom is 0.432 e. The van der Waals surface area contributed by atoms with Crippen molar-refractivity contribution in [3.8, 4) is 0 Å². The average Bonchev–Trinajstić information content (AvgIpc) is 3.03. The second kappa shape index (κ2) is 14.0. The summed E-state index contributed by atoms with van der Waals surface area (Å²) >= 11 is 0. The van der Waals surface area contributed by atoms with E-state index < -0.39 is 21.9 Å². The summed E-state index contributed by atoms with van der Waals surface area (Å²) in [5.41, 5.74) is 0.181. The molecule has 3 atom stereocenters. The number of alkyl halides is 3. The van der Waals surface area contributed by atoms with Crippen LogP contribution in [0.3, 0.4) is 0 Å². The van der Waals surface area contributed by atoms with Crippen molar-refractivity contribution in [2.75, 3.05) is 57.9 Å². The van der Waals surface area contributed by atoms with Gasteiger partial charge in [-0.05, 0) is 71.0 Å². The lowest BCUT2D eigenvalue weighted by atomic mass is 9.91. The first-order valence-electron chi connectivity index (χ1n) is 15.8. The quantitative estimate of drug-likeness (QED) is 0.453. The monoisotopic (exact) mass is 655 g/mol. The van der Waals surface area contributed by atoms with Gasteiger partial charge in [-0.3, -0.25) is 9.79 Å². The number of aliphatic imine (C=N–C) groups is 1. The van der Waals surface area contributed by atoms with E-state index in [1.807, 2.05) is 11.8 Å². The summed E-state index contributed by atoms with van der Waals surface area (Å²) in [5, 5.41) is 3.31. The van der Waals surface area contributed by atoms with Gasteiger partial charge in [0.05, 0.1) is 18.5 Å². The van der Waals surface area contributed by atoms with Gasteiger partial charge < -0.3 is 19.9 Å². The van der Waals surface area contributed by atoms with Crippen LogP contribution in [-0.2, 0) is 14.8 Å². The number of dihydropyridines is 1. The zero-order valence-electron chi connectivity index (χ0n) is 26.2. The number of allylic oxidation sites excluding steroid dienone is 1. The van der Waals surface area contributed by atoms with E-state index in [0.717, 1.165) is 64.1 Å². The van der Waals surface area contributed by atoms with Crippen molar-refractivity contribution in [3.05, 3.63) is 29.7 Å². The molecule has 3 saturated heterocycles. The molecule has 5 heterocycles. The number of piperidine rings is 2.